The molecule has 0 N–H and O–H groups in total. The lowest BCUT2D eigenvalue weighted by molar-refractivity contribution is 0.640. The molecule has 0 atom stereocenters. The fourth-order valence-electron chi connectivity index (χ4n) is 2.84. The molecule has 0 aliphatic heterocycles. The number of hydrogen-bond acceptors (Lipinski definition) is 1. The van der Waals surface area contributed by atoms with Crippen LogP contribution in [0.25, 0.3) is 33.1 Å². The van der Waals surface area contributed by atoms with E-state index in [2.05, 4.69) is 4.98 Å². The predicted octanol–water partition coefficient (Wildman–Crippen LogP) is 5.19. The van der Waals surface area contributed by atoms with Gasteiger partial charge in [0, 0.05) is 34.6 Å². The van der Waals surface area contributed by atoms with Gasteiger partial charge in [-0.3, -0.25) is 0 Å². The molecule has 0 saturated heterocycles. The second kappa shape index (κ2) is 4.82. The van der Waals surface area contributed by atoms with Crippen molar-refractivity contribution in [2.75, 3.05) is 0 Å². The predicted molar refractivity (Wildman–Crippen MR) is 88.6 cm³/mol. The highest BCUT2D eigenvalue weighted by Gasteiger charge is 2.13. The Bertz CT molecular complexity index is 1020. The van der Waals surface area contributed by atoms with Crippen LogP contribution >= 0.6 is 11.6 Å². The highest BCUT2D eigenvalue weighted by atomic mass is 35.5. The van der Waals surface area contributed by atoms with Crippen LogP contribution in [0.3, 0.4) is 0 Å². The zero-order valence-electron chi connectivity index (χ0n) is 11.8. The lowest BCUT2D eigenvalue weighted by Gasteiger charge is -2.03. The molecule has 0 aliphatic carbocycles. The van der Waals surface area contributed by atoms with Gasteiger partial charge in [0.2, 0.25) is 0 Å². The normalized spacial score (nSPS) is 11.4. The van der Waals surface area contributed by atoms with Gasteiger partial charge in [0.05, 0.1) is 16.7 Å². The second-order valence-electron chi connectivity index (χ2n) is 5.32. The molecule has 0 radical (unpaired) electrons. The summed E-state index contributed by atoms with van der Waals surface area (Å²) in [7, 11) is 1.91. The smallest absolute Gasteiger partial charge is 0.133 e. The topological polar surface area (TPSA) is 17.8 Å². The standard InChI is InChI=1S/C18H12ClFN2/c1-22-10-13(18-14(20)3-2-4-17(18)22)16-7-5-11-9-12(19)6-8-15(11)21-16/h2-10H,1H3. The quantitative estimate of drug-likeness (QED) is 0.473. The molecule has 0 spiro atoms. The monoisotopic (exact) mass is 310 g/mol. The Morgan fingerprint density at radius 2 is 1.95 bits per heavy atom. The third-order valence-electron chi connectivity index (χ3n) is 3.89. The maximum absolute atomic E-state index is 14.3. The van der Waals surface area contributed by atoms with E-state index in [0.717, 1.165) is 27.7 Å². The van der Waals surface area contributed by atoms with Crippen molar-refractivity contribution in [3.63, 3.8) is 0 Å². The molecular formula is C18H12ClFN2. The molecular weight excluding hydrogens is 299 g/mol. The van der Waals surface area contributed by atoms with Crippen LogP contribution in [0.2, 0.25) is 5.02 Å². The zero-order valence-corrected chi connectivity index (χ0v) is 12.6. The van der Waals surface area contributed by atoms with Crippen LogP contribution in [-0.2, 0) is 7.05 Å². The number of benzene rings is 2. The molecule has 0 amide bonds. The van der Waals surface area contributed by atoms with Gasteiger partial charge < -0.3 is 4.57 Å². The highest BCUT2D eigenvalue weighted by Crippen LogP contribution is 2.32. The van der Waals surface area contributed by atoms with Gasteiger partial charge in [-0.15, -0.1) is 0 Å². The zero-order chi connectivity index (χ0) is 15.3. The molecule has 2 nitrogen and oxygen atoms in total. The molecule has 2 heterocycles. The fourth-order valence-corrected chi connectivity index (χ4v) is 3.02. The van der Waals surface area contributed by atoms with Crippen molar-refractivity contribution in [2.24, 2.45) is 7.05 Å². The van der Waals surface area contributed by atoms with E-state index in [0.29, 0.717) is 10.4 Å². The van der Waals surface area contributed by atoms with Gasteiger partial charge in [-0.2, -0.15) is 0 Å². The average Bonchev–Trinajstić information content (AvgIpc) is 2.85. The lowest BCUT2D eigenvalue weighted by atomic mass is 10.1. The van der Waals surface area contributed by atoms with Crippen molar-refractivity contribution < 1.29 is 4.39 Å². The number of halogens is 2. The number of aryl methyl sites for hydroxylation is 1. The molecule has 108 valence electrons. The molecule has 0 saturated carbocycles. The summed E-state index contributed by atoms with van der Waals surface area (Å²) in [4.78, 5) is 4.65. The van der Waals surface area contributed by atoms with Gasteiger partial charge in [0.15, 0.2) is 0 Å². The SMILES string of the molecule is Cn1cc(-c2ccc3cc(Cl)ccc3n2)c2c(F)cccc21. The number of nitrogens with zero attached hydrogens (tertiary/aromatic N) is 2. The van der Waals surface area contributed by atoms with Gasteiger partial charge in [0.25, 0.3) is 0 Å². The molecule has 4 rings (SSSR count). The Hall–Kier alpha value is -2.39. The van der Waals surface area contributed by atoms with E-state index in [1.54, 1.807) is 6.07 Å². The highest BCUT2D eigenvalue weighted by molar-refractivity contribution is 6.31. The first-order valence-corrected chi connectivity index (χ1v) is 7.31. The molecule has 2 aromatic carbocycles. The minimum Gasteiger partial charge on any atom is -0.350 e. The van der Waals surface area contributed by atoms with Crippen molar-refractivity contribution in [2.45, 2.75) is 0 Å². The van der Waals surface area contributed by atoms with E-state index >= 15 is 0 Å². The average molecular weight is 311 g/mol. The number of rotatable bonds is 1. The third kappa shape index (κ3) is 1.97. The summed E-state index contributed by atoms with van der Waals surface area (Å²) in [6.07, 6.45) is 1.91. The Balaban J connectivity index is 2.01. The minimum absolute atomic E-state index is 0.230. The van der Waals surface area contributed by atoms with Crippen molar-refractivity contribution in [3.05, 3.63) is 65.6 Å². The first kappa shape index (κ1) is 13.3. The first-order chi connectivity index (χ1) is 10.6. The molecule has 4 heteroatoms. The van der Waals surface area contributed by atoms with Crippen LogP contribution < -0.4 is 0 Å². The van der Waals surface area contributed by atoms with Crippen LogP contribution in [0.1, 0.15) is 0 Å². The number of fused-ring (bicyclic) bond motifs is 2. The lowest BCUT2D eigenvalue weighted by Crippen LogP contribution is -1.85. The summed E-state index contributed by atoms with van der Waals surface area (Å²) in [5, 5.41) is 2.25. The number of pyridine rings is 1. The van der Waals surface area contributed by atoms with E-state index in [1.165, 1.54) is 6.07 Å². The Labute approximate surface area is 131 Å². The van der Waals surface area contributed by atoms with E-state index in [1.807, 2.05) is 54.2 Å². The van der Waals surface area contributed by atoms with Gasteiger partial charge >= 0.3 is 0 Å². The van der Waals surface area contributed by atoms with Crippen molar-refractivity contribution in [3.8, 4) is 11.3 Å². The van der Waals surface area contributed by atoms with E-state index in [-0.39, 0.29) is 5.82 Å². The summed E-state index contributed by atoms with van der Waals surface area (Å²) in [6.45, 7) is 0. The van der Waals surface area contributed by atoms with Gasteiger partial charge in [-0.25, -0.2) is 9.37 Å². The Morgan fingerprint density at radius 3 is 2.82 bits per heavy atom. The van der Waals surface area contributed by atoms with Crippen molar-refractivity contribution in [1.29, 1.82) is 0 Å². The maximum atomic E-state index is 14.3. The summed E-state index contributed by atoms with van der Waals surface area (Å²) >= 11 is 6.00. The van der Waals surface area contributed by atoms with Gasteiger partial charge in [-0.05, 0) is 36.4 Å². The van der Waals surface area contributed by atoms with E-state index in [4.69, 9.17) is 11.6 Å². The summed E-state index contributed by atoms with van der Waals surface area (Å²) in [5.41, 5.74) is 3.25. The third-order valence-corrected chi connectivity index (χ3v) is 4.13. The van der Waals surface area contributed by atoms with Crippen LogP contribution in [0.4, 0.5) is 4.39 Å². The Morgan fingerprint density at radius 1 is 1.09 bits per heavy atom. The maximum Gasteiger partial charge on any atom is 0.133 e. The van der Waals surface area contributed by atoms with Crippen LogP contribution in [0, 0.1) is 5.82 Å². The largest absolute Gasteiger partial charge is 0.350 e. The molecule has 2 aromatic heterocycles. The first-order valence-electron chi connectivity index (χ1n) is 6.94. The molecule has 22 heavy (non-hydrogen) atoms. The van der Waals surface area contributed by atoms with Crippen LogP contribution in [0.15, 0.2) is 54.7 Å². The van der Waals surface area contributed by atoms with Crippen LogP contribution in [-0.4, -0.2) is 9.55 Å². The van der Waals surface area contributed by atoms with Gasteiger partial charge in [-0.1, -0.05) is 23.7 Å². The molecule has 4 aromatic rings. The minimum atomic E-state index is -0.230. The fraction of sp³-hybridized carbons (Fsp3) is 0.0556. The molecule has 0 fully saturated rings. The van der Waals surface area contributed by atoms with E-state index in [9.17, 15) is 4.39 Å². The summed E-state index contributed by atoms with van der Waals surface area (Å²) in [6, 6.07) is 14.5. The summed E-state index contributed by atoms with van der Waals surface area (Å²) < 4.78 is 16.2. The van der Waals surface area contributed by atoms with E-state index < -0.39 is 0 Å². The van der Waals surface area contributed by atoms with Crippen molar-refractivity contribution in [1.82, 2.24) is 9.55 Å². The number of aromatic nitrogens is 2. The molecule has 0 unspecified atom stereocenters. The molecule has 0 bridgehead atoms. The second-order valence-corrected chi connectivity index (χ2v) is 5.76. The Kier molecular flexibility index (Phi) is 2.91. The molecule has 0 aliphatic rings. The van der Waals surface area contributed by atoms with Crippen LogP contribution in [0.5, 0.6) is 0 Å². The van der Waals surface area contributed by atoms with Gasteiger partial charge in [0.1, 0.15) is 5.82 Å². The number of hydrogen-bond donors (Lipinski definition) is 0. The summed E-state index contributed by atoms with van der Waals surface area (Å²) in [5.74, 6) is -0.230. The van der Waals surface area contributed by atoms with Crippen molar-refractivity contribution >= 4 is 33.4 Å².